The molecule has 1 saturated heterocycles. The first-order chi connectivity index (χ1) is 7.40. The second-order valence-electron chi connectivity index (χ2n) is 4.72. The minimum absolute atomic E-state index is 0.137. The highest BCUT2D eigenvalue weighted by atomic mass is 16.4. The number of nitrogens with one attached hydrogen (secondary N) is 1. The van der Waals surface area contributed by atoms with E-state index in [0.717, 1.165) is 12.8 Å². The van der Waals surface area contributed by atoms with Gasteiger partial charge in [0.05, 0.1) is 5.54 Å². The summed E-state index contributed by atoms with van der Waals surface area (Å²) < 4.78 is 0. The van der Waals surface area contributed by atoms with Gasteiger partial charge in [-0.2, -0.15) is 0 Å². The standard InChI is InChI=1S/C11H20N2O3/c1-11(2,12-3)10(16)13-7-5-4-6-8(13)9(14)15/h8,12H,4-7H2,1-3H3,(H,14,15)/t8-/m1/s1. The van der Waals surface area contributed by atoms with E-state index >= 15 is 0 Å². The average molecular weight is 228 g/mol. The molecule has 0 spiro atoms. The molecule has 0 unspecified atom stereocenters. The molecule has 2 N–H and O–H groups in total. The van der Waals surface area contributed by atoms with Crippen LogP contribution in [-0.4, -0.2) is 47.1 Å². The molecule has 5 heteroatoms. The van der Waals surface area contributed by atoms with Crippen molar-refractivity contribution in [2.45, 2.75) is 44.7 Å². The Labute approximate surface area is 95.8 Å². The fourth-order valence-corrected chi connectivity index (χ4v) is 1.90. The Bertz CT molecular complexity index is 289. The van der Waals surface area contributed by atoms with Crippen molar-refractivity contribution in [1.82, 2.24) is 10.2 Å². The second kappa shape index (κ2) is 4.82. The predicted molar refractivity (Wildman–Crippen MR) is 60.1 cm³/mol. The number of nitrogens with zero attached hydrogens (tertiary/aromatic N) is 1. The van der Waals surface area contributed by atoms with E-state index in [1.807, 2.05) is 0 Å². The third-order valence-corrected chi connectivity index (χ3v) is 3.21. The van der Waals surface area contributed by atoms with Crippen LogP contribution in [0.25, 0.3) is 0 Å². The van der Waals surface area contributed by atoms with Crippen LogP contribution in [-0.2, 0) is 9.59 Å². The number of carboxylic acids is 1. The molecule has 0 radical (unpaired) electrons. The van der Waals surface area contributed by atoms with Crippen molar-refractivity contribution in [3.8, 4) is 0 Å². The Morgan fingerprint density at radius 2 is 2.00 bits per heavy atom. The number of piperidine rings is 1. The van der Waals surface area contributed by atoms with Crippen molar-refractivity contribution in [3.63, 3.8) is 0 Å². The van der Waals surface area contributed by atoms with E-state index in [-0.39, 0.29) is 5.91 Å². The summed E-state index contributed by atoms with van der Waals surface area (Å²) in [4.78, 5) is 24.7. The molecular weight excluding hydrogens is 208 g/mol. The topological polar surface area (TPSA) is 69.6 Å². The van der Waals surface area contributed by atoms with Crippen LogP contribution in [0.4, 0.5) is 0 Å². The quantitative estimate of drug-likeness (QED) is 0.736. The highest BCUT2D eigenvalue weighted by molar-refractivity contribution is 5.89. The van der Waals surface area contributed by atoms with Crippen molar-refractivity contribution in [3.05, 3.63) is 0 Å². The van der Waals surface area contributed by atoms with Crippen LogP contribution in [0.1, 0.15) is 33.1 Å². The summed E-state index contributed by atoms with van der Waals surface area (Å²) >= 11 is 0. The summed E-state index contributed by atoms with van der Waals surface area (Å²) in [5.74, 6) is -1.04. The van der Waals surface area contributed by atoms with Gasteiger partial charge >= 0.3 is 5.97 Å². The van der Waals surface area contributed by atoms with E-state index in [1.165, 1.54) is 4.90 Å². The smallest absolute Gasteiger partial charge is 0.326 e. The number of carbonyl (C=O) groups excluding carboxylic acids is 1. The molecule has 5 nitrogen and oxygen atoms in total. The lowest BCUT2D eigenvalue weighted by atomic mass is 9.97. The number of hydrogen-bond donors (Lipinski definition) is 2. The van der Waals surface area contributed by atoms with Crippen LogP contribution in [0, 0.1) is 0 Å². The summed E-state index contributed by atoms with van der Waals surface area (Å²) in [6, 6.07) is -0.658. The predicted octanol–water partition coefficient (Wildman–Crippen LogP) is 0.450. The highest BCUT2D eigenvalue weighted by Gasteiger charge is 2.38. The SMILES string of the molecule is CNC(C)(C)C(=O)N1CCCC[C@@H]1C(=O)O. The number of hydrogen-bond acceptors (Lipinski definition) is 3. The second-order valence-corrected chi connectivity index (χ2v) is 4.72. The molecule has 1 heterocycles. The number of likely N-dealkylation sites (tertiary alicyclic amines) is 1. The number of likely N-dealkylation sites (N-methyl/N-ethyl adjacent to an activating group) is 1. The maximum atomic E-state index is 12.2. The molecule has 1 fully saturated rings. The van der Waals surface area contributed by atoms with Crippen molar-refractivity contribution in [2.24, 2.45) is 0 Å². The molecule has 1 aliphatic heterocycles. The van der Waals surface area contributed by atoms with Gasteiger partial charge in [-0.15, -0.1) is 0 Å². The molecule has 16 heavy (non-hydrogen) atoms. The fourth-order valence-electron chi connectivity index (χ4n) is 1.90. The monoisotopic (exact) mass is 228 g/mol. The Morgan fingerprint density at radius 3 is 2.50 bits per heavy atom. The van der Waals surface area contributed by atoms with Crippen LogP contribution in [0.2, 0.25) is 0 Å². The molecule has 1 rings (SSSR count). The first-order valence-corrected chi connectivity index (χ1v) is 5.63. The van der Waals surface area contributed by atoms with Gasteiger partial charge in [0.2, 0.25) is 5.91 Å². The molecule has 0 aromatic rings. The molecule has 0 bridgehead atoms. The van der Waals surface area contributed by atoms with E-state index in [0.29, 0.717) is 13.0 Å². The molecule has 0 saturated carbocycles. The van der Waals surface area contributed by atoms with E-state index in [1.54, 1.807) is 20.9 Å². The summed E-state index contributed by atoms with van der Waals surface area (Å²) in [6.45, 7) is 4.08. The minimum atomic E-state index is -0.903. The third-order valence-electron chi connectivity index (χ3n) is 3.21. The van der Waals surface area contributed by atoms with Gasteiger partial charge in [-0.1, -0.05) is 0 Å². The van der Waals surface area contributed by atoms with E-state index in [2.05, 4.69) is 5.32 Å². The summed E-state index contributed by atoms with van der Waals surface area (Å²) in [5, 5.41) is 12.0. The maximum Gasteiger partial charge on any atom is 0.326 e. The van der Waals surface area contributed by atoms with Crippen LogP contribution >= 0.6 is 0 Å². The van der Waals surface area contributed by atoms with Crippen molar-refractivity contribution >= 4 is 11.9 Å². The van der Waals surface area contributed by atoms with Gasteiger partial charge in [-0.3, -0.25) is 4.79 Å². The molecule has 92 valence electrons. The van der Waals surface area contributed by atoms with Crippen LogP contribution in [0.5, 0.6) is 0 Å². The Balaban J connectivity index is 2.83. The van der Waals surface area contributed by atoms with Gasteiger partial charge in [0.25, 0.3) is 0 Å². The van der Waals surface area contributed by atoms with Crippen molar-refractivity contribution in [2.75, 3.05) is 13.6 Å². The van der Waals surface area contributed by atoms with E-state index < -0.39 is 17.6 Å². The molecule has 0 aromatic heterocycles. The zero-order chi connectivity index (χ0) is 12.3. The fraction of sp³-hybridized carbons (Fsp3) is 0.818. The molecule has 1 atom stereocenters. The number of aliphatic carboxylic acids is 1. The first kappa shape index (κ1) is 13.0. The molecule has 0 aliphatic carbocycles. The summed E-state index contributed by atoms with van der Waals surface area (Å²) in [6.07, 6.45) is 2.32. The van der Waals surface area contributed by atoms with Gasteiger partial charge in [0, 0.05) is 6.54 Å². The summed E-state index contributed by atoms with van der Waals surface area (Å²) in [7, 11) is 1.71. The van der Waals surface area contributed by atoms with Gasteiger partial charge < -0.3 is 15.3 Å². The number of amides is 1. The van der Waals surface area contributed by atoms with Gasteiger partial charge in [-0.25, -0.2) is 4.79 Å². The Hall–Kier alpha value is -1.10. The normalized spacial score (nSPS) is 21.9. The minimum Gasteiger partial charge on any atom is -0.480 e. The van der Waals surface area contributed by atoms with E-state index in [4.69, 9.17) is 5.11 Å². The van der Waals surface area contributed by atoms with Crippen LogP contribution in [0.3, 0.4) is 0 Å². The van der Waals surface area contributed by atoms with Crippen molar-refractivity contribution in [1.29, 1.82) is 0 Å². The number of rotatable bonds is 3. The lowest BCUT2D eigenvalue weighted by Gasteiger charge is -2.38. The van der Waals surface area contributed by atoms with Crippen molar-refractivity contribution < 1.29 is 14.7 Å². The maximum absolute atomic E-state index is 12.2. The van der Waals surface area contributed by atoms with Gasteiger partial charge in [-0.05, 0) is 40.2 Å². The van der Waals surface area contributed by atoms with Gasteiger partial charge in [0.1, 0.15) is 6.04 Å². The van der Waals surface area contributed by atoms with Gasteiger partial charge in [0.15, 0.2) is 0 Å². The lowest BCUT2D eigenvalue weighted by molar-refractivity contribution is -0.154. The average Bonchev–Trinajstić information content (AvgIpc) is 2.28. The molecule has 1 amide bonds. The van der Waals surface area contributed by atoms with Crippen LogP contribution in [0.15, 0.2) is 0 Å². The third kappa shape index (κ3) is 2.52. The molecule has 0 aromatic carbocycles. The first-order valence-electron chi connectivity index (χ1n) is 5.63. The van der Waals surface area contributed by atoms with E-state index in [9.17, 15) is 9.59 Å². The highest BCUT2D eigenvalue weighted by Crippen LogP contribution is 2.20. The largest absolute Gasteiger partial charge is 0.480 e. The molecular formula is C11H20N2O3. The Kier molecular flexibility index (Phi) is 3.91. The summed E-state index contributed by atoms with van der Waals surface area (Å²) in [5.41, 5.74) is -0.703. The lowest BCUT2D eigenvalue weighted by Crippen LogP contribution is -2.58. The zero-order valence-electron chi connectivity index (χ0n) is 10.1. The Morgan fingerprint density at radius 1 is 1.38 bits per heavy atom. The molecule has 1 aliphatic rings. The number of carbonyl (C=O) groups is 2. The van der Waals surface area contributed by atoms with Crippen LogP contribution < -0.4 is 5.32 Å². The zero-order valence-corrected chi connectivity index (χ0v) is 10.1. The number of carboxylic acid groups (broad SMARTS) is 1.